The van der Waals surface area contributed by atoms with Gasteiger partial charge in [-0.15, -0.1) is 0 Å². The molecule has 3 rings (SSSR count). The van der Waals surface area contributed by atoms with Crippen molar-refractivity contribution in [2.24, 2.45) is 29.6 Å². The van der Waals surface area contributed by atoms with Gasteiger partial charge in [-0.25, -0.2) is 0 Å². The standard InChI is InChI=1S/C34H60O6/c1-25-30(36-3)21-28(22-31(25)37-4)17-15-26-11-13-27(14-12-26)16-18-29-23-32(38-5)34(33(24-29)39-6)40-20-10-8-7-9-19-35-2/h15-18,25-34H,7-14,19-24H2,1-6H3/b17-15+,18-16+. The van der Waals surface area contributed by atoms with E-state index in [2.05, 4.69) is 31.2 Å². The second-order valence-corrected chi connectivity index (χ2v) is 12.6. The molecule has 0 aromatic rings. The Balaban J connectivity index is 1.40. The third-order valence-electron chi connectivity index (χ3n) is 9.94. The van der Waals surface area contributed by atoms with Crippen molar-refractivity contribution in [1.29, 1.82) is 0 Å². The summed E-state index contributed by atoms with van der Waals surface area (Å²) in [5.41, 5.74) is 0. The predicted octanol–water partition coefficient (Wildman–Crippen LogP) is 7.01. The lowest BCUT2D eigenvalue weighted by molar-refractivity contribution is -0.149. The van der Waals surface area contributed by atoms with Crippen LogP contribution in [0.5, 0.6) is 0 Å². The second-order valence-electron chi connectivity index (χ2n) is 12.6. The van der Waals surface area contributed by atoms with Crippen LogP contribution in [0, 0.1) is 29.6 Å². The molecule has 0 N–H and O–H groups in total. The van der Waals surface area contributed by atoms with E-state index in [1.54, 1.807) is 7.11 Å². The highest BCUT2D eigenvalue weighted by atomic mass is 16.6. The number of hydrogen-bond acceptors (Lipinski definition) is 6. The lowest BCUT2D eigenvalue weighted by Crippen LogP contribution is -2.47. The lowest BCUT2D eigenvalue weighted by atomic mass is 9.76. The van der Waals surface area contributed by atoms with Gasteiger partial charge >= 0.3 is 0 Å². The molecule has 3 saturated carbocycles. The molecule has 4 atom stereocenters. The van der Waals surface area contributed by atoms with Crippen molar-refractivity contribution in [2.75, 3.05) is 48.8 Å². The Hall–Kier alpha value is -0.760. The van der Waals surface area contributed by atoms with Crippen molar-refractivity contribution >= 4 is 0 Å². The van der Waals surface area contributed by atoms with Crippen molar-refractivity contribution in [1.82, 2.24) is 0 Å². The molecule has 4 unspecified atom stereocenters. The van der Waals surface area contributed by atoms with Crippen LogP contribution < -0.4 is 0 Å². The van der Waals surface area contributed by atoms with Crippen LogP contribution in [0.15, 0.2) is 24.3 Å². The van der Waals surface area contributed by atoms with E-state index in [-0.39, 0.29) is 18.3 Å². The van der Waals surface area contributed by atoms with E-state index in [4.69, 9.17) is 28.4 Å². The SMILES string of the molecule is COCCCCCCOC1C(OC)CC(/C=C/C2CCC(/C=C/C3CC(OC)C(C)C(OC)C3)CC2)CC1OC. The summed E-state index contributed by atoms with van der Waals surface area (Å²) in [7, 11) is 9.08. The smallest absolute Gasteiger partial charge is 0.110 e. The summed E-state index contributed by atoms with van der Waals surface area (Å²) in [6.45, 7) is 3.88. The van der Waals surface area contributed by atoms with Gasteiger partial charge in [0.05, 0.1) is 24.4 Å². The monoisotopic (exact) mass is 564 g/mol. The molecule has 6 heteroatoms. The molecule has 40 heavy (non-hydrogen) atoms. The highest BCUT2D eigenvalue weighted by Crippen LogP contribution is 2.37. The Kier molecular flexibility index (Phi) is 15.8. The molecule has 0 aliphatic heterocycles. The van der Waals surface area contributed by atoms with Crippen molar-refractivity contribution in [3.8, 4) is 0 Å². The van der Waals surface area contributed by atoms with E-state index < -0.39 is 0 Å². The molecule has 0 aromatic heterocycles. The molecule has 0 spiro atoms. The van der Waals surface area contributed by atoms with Gasteiger partial charge in [0.2, 0.25) is 0 Å². The summed E-state index contributed by atoms with van der Waals surface area (Å²) in [6.07, 6.45) is 24.6. The Labute approximate surface area is 245 Å². The maximum absolute atomic E-state index is 6.32. The van der Waals surface area contributed by atoms with Gasteiger partial charge in [-0.05, 0) is 87.9 Å². The van der Waals surface area contributed by atoms with E-state index in [0.29, 0.717) is 41.8 Å². The number of rotatable bonds is 16. The average Bonchev–Trinajstić information content (AvgIpc) is 2.99. The van der Waals surface area contributed by atoms with Gasteiger partial charge in [-0.1, -0.05) is 44.1 Å². The van der Waals surface area contributed by atoms with Crippen LogP contribution in [0.3, 0.4) is 0 Å². The Bertz CT molecular complexity index is 689. The maximum atomic E-state index is 6.32. The second kappa shape index (κ2) is 18.7. The van der Waals surface area contributed by atoms with Crippen LogP contribution in [0.4, 0.5) is 0 Å². The first-order chi connectivity index (χ1) is 19.5. The minimum Gasteiger partial charge on any atom is -0.385 e. The van der Waals surface area contributed by atoms with Crippen LogP contribution in [0.2, 0.25) is 0 Å². The first-order valence-electron chi connectivity index (χ1n) is 16.1. The number of ether oxygens (including phenoxy) is 6. The highest BCUT2D eigenvalue weighted by molar-refractivity contribution is 5.03. The van der Waals surface area contributed by atoms with Crippen LogP contribution in [-0.2, 0) is 28.4 Å². The zero-order valence-corrected chi connectivity index (χ0v) is 26.4. The molecule has 0 radical (unpaired) electrons. The van der Waals surface area contributed by atoms with Crippen molar-refractivity contribution in [3.05, 3.63) is 24.3 Å². The molecule has 232 valence electrons. The van der Waals surface area contributed by atoms with E-state index in [1.165, 1.54) is 38.5 Å². The Morgan fingerprint density at radius 2 is 0.900 bits per heavy atom. The van der Waals surface area contributed by atoms with Gasteiger partial charge in [-0.2, -0.15) is 0 Å². The summed E-state index contributed by atoms with van der Waals surface area (Å²) in [6, 6.07) is 0. The molecule has 3 aliphatic carbocycles. The molecular formula is C34H60O6. The topological polar surface area (TPSA) is 55.4 Å². The first-order valence-corrected chi connectivity index (χ1v) is 16.1. The van der Waals surface area contributed by atoms with Gasteiger partial charge in [0, 0.05) is 54.7 Å². The predicted molar refractivity (Wildman–Crippen MR) is 162 cm³/mol. The van der Waals surface area contributed by atoms with Crippen molar-refractivity contribution in [2.45, 2.75) is 114 Å². The maximum Gasteiger partial charge on any atom is 0.110 e. The molecule has 0 saturated heterocycles. The fourth-order valence-electron chi connectivity index (χ4n) is 7.25. The number of hydrogen-bond donors (Lipinski definition) is 0. The first kappa shape index (κ1) is 33.7. The summed E-state index contributed by atoms with van der Waals surface area (Å²) in [4.78, 5) is 0. The van der Waals surface area contributed by atoms with Crippen molar-refractivity contribution in [3.63, 3.8) is 0 Å². The van der Waals surface area contributed by atoms with Gasteiger partial charge < -0.3 is 28.4 Å². The molecular weight excluding hydrogens is 504 g/mol. The molecule has 0 aromatic carbocycles. The molecule has 3 aliphatic rings. The summed E-state index contributed by atoms with van der Waals surface area (Å²) in [5.74, 6) is 2.90. The highest BCUT2D eigenvalue weighted by Gasteiger charge is 2.38. The number of allylic oxidation sites excluding steroid dienone is 4. The number of methoxy groups -OCH3 is 5. The van der Waals surface area contributed by atoms with Gasteiger partial charge in [0.15, 0.2) is 0 Å². The van der Waals surface area contributed by atoms with E-state index in [9.17, 15) is 0 Å². The summed E-state index contributed by atoms with van der Waals surface area (Å²) < 4.78 is 34.8. The summed E-state index contributed by atoms with van der Waals surface area (Å²) >= 11 is 0. The lowest BCUT2D eigenvalue weighted by Gasteiger charge is -2.39. The molecule has 6 nitrogen and oxygen atoms in total. The number of unbranched alkanes of at least 4 members (excludes halogenated alkanes) is 3. The molecule has 0 amide bonds. The Morgan fingerprint density at radius 3 is 1.32 bits per heavy atom. The quantitative estimate of drug-likeness (QED) is 0.148. The summed E-state index contributed by atoms with van der Waals surface area (Å²) in [5, 5.41) is 0. The largest absolute Gasteiger partial charge is 0.385 e. The fourth-order valence-corrected chi connectivity index (χ4v) is 7.25. The van der Waals surface area contributed by atoms with Crippen molar-refractivity contribution < 1.29 is 28.4 Å². The zero-order valence-electron chi connectivity index (χ0n) is 26.4. The van der Waals surface area contributed by atoms with E-state index >= 15 is 0 Å². The average molecular weight is 565 g/mol. The fraction of sp³-hybridized carbons (Fsp3) is 0.882. The zero-order chi connectivity index (χ0) is 28.7. The van der Waals surface area contributed by atoms with E-state index in [1.807, 2.05) is 28.4 Å². The minimum atomic E-state index is 0.0200. The van der Waals surface area contributed by atoms with Crippen LogP contribution >= 0.6 is 0 Å². The molecule has 0 bridgehead atoms. The van der Waals surface area contributed by atoms with Crippen LogP contribution in [-0.4, -0.2) is 79.3 Å². The van der Waals surface area contributed by atoms with Gasteiger partial charge in [0.25, 0.3) is 0 Å². The third kappa shape index (κ3) is 10.5. The third-order valence-corrected chi connectivity index (χ3v) is 9.94. The van der Waals surface area contributed by atoms with Gasteiger partial charge in [-0.3, -0.25) is 0 Å². The molecule has 0 heterocycles. The normalized spacial score (nSPS) is 37.5. The van der Waals surface area contributed by atoms with Gasteiger partial charge in [0.1, 0.15) is 6.10 Å². The van der Waals surface area contributed by atoms with E-state index in [0.717, 1.165) is 51.7 Å². The Morgan fingerprint density at radius 1 is 0.500 bits per heavy atom. The van der Waals surface area contributed by atoms with Crippen LogP contribution in [0.25, 0.3) is 0 Å². The molecule has 3 fully saturated rings. The minimum absolute atomic E-state index is 0.0200. The van der Waals surface area contributed by atoms with Crippen LogP contribution in [0.1, 0.15) is 84.0 Å².